The highest BCUT2D eigenvalue weighted by Gasteiger charge is 2.17. The lowest BCUT2D eigenvalue weighted by molar-refractivity contribution is 0.313. The average Bonchev–Trinajstić information content (AvgIpc) is 3.35. The van der Waals surface area contributed by atoms with Crippen LogP contribution in [0.1, 0.15) is 33.4 Å². The first kappa shape index (κ1) is 20.0. The Morgan fingerprint density at radius 1 is 1.00 bits per heavy atom. The van der Waals surface area contributed by atoms with Crippen molar-refractivity contribution in [2.45, 2.75) is 34.6 Å². The summed E-state index contributed by atoms with van der Waals surface area (Å²) in [5, 5.41) is 4.54. The van der Waals surface area contributed by atoms with Crippen molar-refractivity contribution < 1.29 is 4.42 Å². The highest BCUT2D eigenvalue weighted by atomic mass is 16.3. The lowest BCUT2D eigenvalue weighted by Crippen LogP contribution is -2.44. The van der Waals surface area contributed by atoms with Gasteiger partial charge in [-0.15, -0.1) is 5.10 Å². The topological polar surface area (TPSA) is 49.8 Å². The number of furan rings is 1. The molecule has 1 saturated heterocycles. The number of hydrogen-bond acceptors (Lipinski definition) is 5. The summed E-state index contributed by atoms with van der Waals surface area (Å²) < 4.78 is 7.27. The molecule has 0 saturated carbocycles. The molecule has 0 aliphatic carbocycles. The van der Waals surface area contributed by atoms with Crippen LogP contribution < -0.4 is 4.90 Å². The highest BCUT2D eigenvalue weighted by molar-refractivity contribution is 5.61. The molecular formula is C20H31N5O. The molecule has 0 N–H and O–H groups in total. The summed E-state index contributed by atoms with van der Waals surface area (Å²) >= 11 is 0. The van der Waals surface area contributed by atoms with Crippen molar-refractivity contribution in [1.29, 1.82) is 0 Å². The van der Waals surface area contributed by atoms with Gasteiger partial charge in [0.2, 0.25) is 5.82 Å². The molecule has 4 rings (SSSR count). The number of aryl methyl sites for hydroxylation is 1. The molecule has 3 aromatic rings. The minimum atomic E-state index is 0.628. The van der Waals surface area contributed by atoms with E-state index in [9.17, 15) is 0 Å². The summed E-state index contributed by atoms with van der Waals surface area (Å²) in [5.74, 6) is 1.33. The second-order valence-electron chi connectivity index (χ2n) is 5.83. The van der Waals surface area contributed by atoms with E-state index in [1.54, 1.807) is 6.26 Å². The second-order valence-corrected chi connectivity index (χ2v) is 5.83. The van der Waals surface area contributed by atoms with Crippen molar-refractivity contribution in [2.24, 2.45) is 0 Å². The number of aromatic nitrogens is 3. The number of anilines is 1. The van der Waals surface area contributed by atoms with Gasteiger partial charge in [0.15, 0.2) is 11.4 Å². The molecule has 3 aromatic heterocycles. The van der Waals surface area contributed by atoms with E-state index in [2.05, 4.69) is 46.0 Å². The van der Waals surface area contributed by atoms with Crippen molar-refractivity contribution in [3.63, 3.8) is 0 Å². The van der Waals surface area contributed by atoms with Crippen LogP contribution in [0, 0.1) is 6.92 Å². The fourth-order valence-corrected chi connectivity index (χ4v) is 2.88. The molecule has 1 aliphatic heterocycles. The molecule has 6 heteroatoms. The number of nitrogens with zero attached hydrogens (tertiary/aromatic N) is 5. The van der Waals surface area contributed by atoms with Crippen LogP contribution in [0.5, 0.6) is 0 Å². The van der Waals surface area contributed by atoms with E-state index >= 15 is 0 Å². The quantitative estimate of drug-likeness (QED) is 0.691. The van der Waals surface area contributed by atoms with E-state index in [1.807, 2.05) is 44.3 Å². The predicted molar refractivity (Wildman–Crippen MR) is 108 cm³/mol. The van der Waals surface area contributed by atoms with Crippen LogP contribution in [0.25, 0.3) is 17.2 Å². The number of likely N-dealkylation sites (N-methyl/N-ethyl adjacent to an activating group) is 1. The fraction of sp³-hybridized carbons (Fsp3) is 0.500. The monoisotopic (exact) mass is 357 g/mol. The Labute approximate surface area is 156 Å². The molecule has 0 atom stereocenters. The van der Waals surface area contributed by atoms with E-state index in [0.717, 1.165) is 37.5 Å². The van der Waals surface area contributed by atoms with Gasteiger partial charge in [-0.1, -0.05) is 27.7 Å². The van der Waals surface area contributed by atoms with Crippen LogP contribution in [0.2, 0.25) is 0 Å². The first-order valence-electron chi connectivity index (χ1n) is 9.55. The smallest absolute Gasteiger partial charge is 0.217 e. The SMILES string of the molecule is CC.CC.Cc1cc(N2CCN(C)CC2)cc2nc(-c3ccco3)nn12. The number of rotatable bonds is 2. The number of hydrogen-bond donors (Lipinski definition) is 0. The Kier molecular flexibility index (Phi) is 7.21. The molecule has 0 radical (unpaired) electrons. The molecule has 142 valence electrons. The summed E-state index contributed by atoms with van der Waals surface area (Å²) in [7, 11) is 2.17. The highest BCUT2D eigenvalue weighted by Crippen LogP contribution is 2.23. The molecule has 0 amide bonds. The maximum absolute atomic E-state index is 5.39. The standard InChI is InChI=1S/C16H19N5O.2C2H6/c1-12-10-13(20-7-5-19(2)6-8-20)11-15-17-16(18-21(12)15)14-4-3-9-22-14;2*1-2/h3-4,9-11H,5-8H2,1-2H3;2*1-2H3. The normalized spacial score (nSPS) is 14.5. The molecule has 1 aliphatic rings. The third kappa shape index (κ3) is 4.25. The van der Waals surface area contributed by atoms with E-state index in [0.29, 0.717) is 11.6 Å². The maximum Gasteiger partial charge on any atom is 0.217 e. The van der Waals surface area contributed by atoms with Gasteiger partial charge < -0.3 is 14.2 Å². The third-order valence-electron chi connectivity index (χ3n) is 4.21. The Morgan fingerprint density at radius 2 is 1.69 bits per heavy atom. The predicted octanol–water partition coefficient (Wildman–Crippen LogP) is 4.10. The summed E-state index contributed by atoms with van der Waals surface area (Å²) in [6.45, 7) is 14.3. The van der Waals surface area contributed by atoms with E-state index in [-0.39, 0.29) is 0 Å². The van der Waals surface area contributed by atoms with Gasteiger partial charge in [-0.3, -0.25) is 0 Å². The van der Waals surface area contributed by atoms with E-state index < -0.39 is 0 Å². The first-order chi connectivity index (χ1) is 12.7. The van der Waals surface area contributed by atoms with Gasteiger partial charge in [0.05, 0.1) is 6.26 Å². The van der Waals surface area contributed by atoms with Crippen LogP contribution in [-0.2, 0) is 0 Å². The fourth-order valence-electron chi connectivity index (χ4n) is 2.88. The third-order valence-corrected chi connectivity index (χ3v) is 4.21. The van der Waals surface area contributed by atoms with Crippen molar-refractivity contribution in [3.8, 4) is 11.6 Å². The largest absolute Gasteiger partial charge is 0.461 e. The zero-order valence-corrected chi connectivity index (χ0v) is 16.9. The Morgan fingerprint density at radius 3 is 2.31 bits per heavy atom. The first-order valence-corrected chi connectivity index (χ1v) is 9.55. The summed E-state index contributed by atoms with van der Waals surface area (Å²) in [4.78, 5) is 9.37. The van der Waals surface area contributed by atoms with Crippen molar-refractivity contribution in [1.82, 2.24) is 19.5 Å². The molecular weight excluding hydrogens is 326 g/mol. The summed E-state index contributed by atoms with van der Waals surface area (Å²) in [6.07, 6.45) is 1.64. The number of fused-ring (bicyclic) bond motifs is 1. The molecule has 1 fully saturated rings. The van der Waals surface area contributed by atoms with Gasteiger partial charge >= 0.3 is 0 Å². The average molecular weight is 358 g/mol. The molecule has 6 nitrogen and oxygen atoms in total. The summed E-state index contributed by atoms with van der Waals surface area (Å²) in [5.41, 5.74) is 3.16. The number of piperazine rings is 1. The lowest BCUT2D eigenvalue weighted by atomic mass is 10.2. The van der Waals surface area contributed by atoms with Gasteiger partial charge in [0, 0.05) is 43.6 Å². The van der Waals surface area contributed by atoms with Gasteiger partial charge in [0.25, 0.3) is 0 Å². The van der Waals surface area contributed by atoms with Gasteiger partial charge in [-0.05, 0) is 32.2 Å². The Balaban J connectivity index is 0.000000570. The van der Waals surface area contributed by atoms with Crippen LogP contribution >= 0.6 is 0 Å². The van der Waals surface area contributed by atoms with Crippen LogP contribution in [-0.4, -0.2) is 52.7 Å². The van der Waals surface area contributed by atoms with Crippen molar-refractivity contribution in [2.75, 3.05) is 38.1 Å². The van der Waals surface area contributed by atoms with Gasteiger partial charge in [0.1, 0.15) is 0 Å². The summed E-state index contributed by atoms with van der Waals surface area (Å²) in [6, 6.07) is 8.02. The zero-order valence-electron chi connectivity index (χ0n) is 16.9. The van der Waals surface area contributed by atoms with Gasteiger partial charge in [-0.2, -0.15) is 0 Å². The molecule has 0 aromatic carbocycles. The van der Waals surface area contributed by atoms with E-state index in [1.165, 1.54) is 5.69 Å². The van der Waals surface area contributed by atoms with E-state index in [4.69, 9.17) is 4.42 Å². The molecule has 0 unspecified atom stereocenters. The number of pyridine rings is 1. The molecule has 4 heterocycles. The van der Waals surface area contributed by atoms with Crippen LogP contribution in [0.15, 0.2) is 34.9 Å². The maximum atomic E-state index is 5.39. The lowest BCUT2D eigenvalue weighted by Gasteiger charge is -2.34. The minimum Gasteiger partial charge on any atom is -0.461 e. The van der Waals surface area contributed by atoms with Gasteiger partial charge in [-0.25, -0.2) is 9.50 Å². The Hall–Kier alpha value is -2.34. The minimum absolute atomic E-state index is 0.628. The van der Waals surface area contributed by atoms with Crippen molar-refractivity contribution in [3.05, 3.63) is 36.2 Å². The van der Waals surface area contributed by atoms with Crippen LogP contribution in [0.4, 0.5) is 5.69 Å². The Bertz CT molecular complexity index is 786. The molecule has 0 spiro atoms. The van der Waals surface area contributed by atoms with Crippen molar-refractivity contribution >= 4 is 11.3 Å². The molecule has 26 heavy (non-hydrogen) atoms. The zero-order chi connectivity index (χ0) is 19.1. The molecule has 0 bridgehead atoms. The van der Waals surface area contributed by atoms with Crippen LogP contribution in [0.3, 0.4) is 0 Å². The second kappa shape index (κ2) is 9.38.